The summed E-state index contributed by atoms with van der Waals surface area (Å²) in [5.41, 5.74) is 4.17. The number of hydrogen-bond acceptors (Lipinski definition) is 1. The lowest BCUT2D eigenvalue weighted by atomic mass is 9.99. The van der Waals surface area contributed by atoms with Crippen LogP contribution in [0.15, 0.2) is 36.4 Å². The van der Waals surface area contributed by atoms with Crippen molar-refractivity contribution >= 4 is 15.9 Å². The predicted molar refractivity (Wildman–Crippen MR) is 79.6 cm³/mol. The van der Waals surface area contributed by atoms with E-state index in [1.165, 1.54) is 6.07 Å². The molecule has 2 aromatic rings. The van der Waals surface area contributed by atoms with E-state index in [0.717, 1.165) is 28.0 Å². The number of hydrogen-bond donors (Lipinski definition) is 0. The van der Waals surface area contributed by atoms with Crippen LogP contribution in [0.4, 0.5) is 4.39 Å². The second-order valence-electron chi connectivity index (χ2n) is 4.61. The first kappa shape index (κ1) is 14.1. The molecule has 2 aromatic carbocycles. The summed E-state index contributed by atoms with van der Waals surface area (Å²) in [6.45, 7) is 4.03. The first-order chi connectivity index (χ1) is 9.02. The Labute approximate surface area is 121 Å². The van der Waals surface area contributed by atoms with Gasteiger partial charge in [0.25, 0.3) is 0 Å². The van der Waals surface area contributed by atoms with Gasteiger partial charge in [-0.15, -0.1) is 0 Å². The Balaban J connectivity index is 2.42. The van der Waals surface area contributed by atoms with Gasteiger partial charge in [-0.3, -0.25) is 0 Å². The normalized spacial score (nSPS) is 12.3. The van der Waals surface area contributed by atoms with E-state index in [9.17, 15) is 4.39 Å². The van der Waals surface area contributed by atoms with Crippen LogP contribution in [0.25, 0.3) is 0 Å². The zero-order valence-corrected chi connectivity index (χ0v) is 12.8. The third-order valence-electron chi connectivity index (χ3n) is 3.12. The van der Waals surface area contributed by atoms with Crippen molar-refractivity contribution in [3.8, 4) is 5.75 Å². The van der Waals surface area contributed by atoms with Gasteiger partial charge < -0.3 is 4.74 Å². The van der Waals surface area contributed by atoms with Crippen LogP contribution in [0, 0.1) is 19.7 Å². The van der Waals surface area contributed by atoms with E-state index in [0.29, 0.717) is 0 Å². The van der Waals surface area contributed by atoms with Crippen molar-refractivity contribution in [3.63, 3.8) is 0 Å². The molecule has 0 heterocycles. The number of rotatable bonds is 3. The Morgan fingerprint density at radius 2 is 1.68 bits per heavy atom. The van der Waals surface area contributed by atoms with Gasteiger partial charge >= 0.3 is 0 Å². The van der Waals surface area contributed by atoms with E-state index in [1.807, 2.05) is 19.9 Å². The number of methoxy groups -OCH3 is 1. The molecule has 0 bridgehead atoms. The molecule has 0 radical (unpaired) electrons. The summed E-state index contributed by atoms with van der Waals surface area (Å²) in [6, 6.07) is 10.8. The van der Waals surface area contributed by atoms with E-state index in [-0.39, 0.29) is 10.6 Å². The maximum absolute atomic E-state index is 13.3. The van der Waals surface area contributed by atoms with Crippen LogP contribution >= 0.6 is 15.9 Å². The first-order valence-corrected chi connectivity index (χ1v) is 6.99. The van der Waals surface area contributed by atoms with E-state index < -0.39 is 0 Å². The van der Waals surface area contributed by atoms with Crippen LogP contribution < -0.4 is 4.74 Å². The molecule has 0 aliphatic carbocycles. The lowest BCUT2D eigenvalue weighted by Gasteiger charge is -2.15. The van der Waals surface area contributed by atoms with Crippen molar-refractivity contribution in [3.05, 3.63) is 64.5 Å². The van der Waals surface area contributed by atoms with Crippen LogP contribution in [0.3, 0.4) is 0 Å². The molecule has 0 amide bonds. The van der Waals surface area contributed by atoms with Crippen molar-refractivity contribution in [2.75, 3.05) is 7.11 Å². The van der Waals surface area contributed by atoms with Crippen molar-refractivity contribution < 1.29 is 9.13 Å². The van der Waals surface area contributed by atoms with Gasteiger partial charge in [-0.05, 0) is 48.2 Å². The van der Waals surface area contributed by atoms with Gasteiger partial charge in [-0.1, -0.05) is 40.2 Å². The van der Waals surface area contributed by atoms with Gasteiger partial charge in [0.1, 0.15) is 11.6 Å². The van der Waals surface area contributed by atoms with Crippen molar-refractivity contribution in [2.24, 2.45) is 0 Å². The Morgan fingerprint density at radius 3 is 2.21 bits per heavy atom. The van der Waals surface area contributed by atoms with Crippen LogP contribution in [-0.4, -0.2) is 7.11 Å². The average Bonchev–Trinajstić information content (AvgIpc) is 2.37. The van der Waals surface area contributed by atoms with Gasteiger partial charge in [0.05, 0.1) is 11.9 Å². The highest BCUT2D eigenvalue weighted by atomic mass is 79.9. The maximum atomic E-state index is 13.3. The van der Waals surface area contributed by atoms with Crippen molar-refractivity contribution in [1.82, 2.24) is 0 Å². The Bertz CT molecular complexity index is 572. The van der Waals surface area contributed by atoms with Crippen LogP contribution in [0.2, 0.25) is 0 Å². The van der Waals surface area contributed by atoms with Gasteiger partial charge in [-0.25, -0.2) is 4.39 Å². The third kappa shape index (κ3) is 2.98. The molecular formula is C16H16BrFO. The second-order valence-corrected chi connectivity index (χ2v) is 5.52. The summed E-state index contributed by atoms with van der Waals surface area (Å²) in [4.78, 5) is -0.0218. The zero-order chi connectivity index (χ0) is 14.0. The fourth-order valence-electron chi connectivity index (χ4n) is 2.31. The van der Waals surface area contributed by atoms with E-state index in [2.05, 4.69) is 28.1 Å². The molecule has 3 heteroatoms. The molecule has 1 nitrogen and oxygen atoms in total. The largest absolute Gasteiger partial charge is 0.496 e. The summed E-state index contributed by atoms with van der Waals surface area (Å²) in [6.07, 6.45) is 0. The lowest BCUT2D eigenvalue weighted by molar-refractivity contribution is 0.408. The molecule has 0 fully saturated rings. The van der Waals surface area contributed by atoms with Crippen molar-refractivity contribution in [2.45, 2.75) is 18.7 Å². The summed E-state index contributed by atoms with van der Waals surface area (Å²) in [7, 11) is 1.67. The molecule has 0 aromatic heterocycles. The number of benzene rings is 2. The molecule has 0 N–H and O–H groups in total. The van der Waals surface area contributed by atoms with E-state index in [4.69, 9.17) is 4.74 Å². The van der Waals surface area contributed by atoms with E-state index in [1.54, 1.807) is 19.2 Å². The standard InChI is InChI=1S/C16H16BrFO/c1-10-7-13(8-11(2)16(10)19-3)15(17)12-5-4-6-14(18)9-12/h4-9,15H,1-3H3. The monoisotopic (exact) mass is 322 g/mol. The molecule has 0 saturated heterocycles. The topological polar surface area (TPSA) is 9.23 Å². The molecule has 0 saturated carbocycles. The average molecular weight is 323 g/mol. The van der Waals surface area contributed by atoms with Crippen LogP contribution in [0.1, 0.15) is 27.1 Å². The molecule has 2 rings (SSSR count). The molecule has 19 heavy (non-hydrogen) atoms. The smallest absolute Gasteiger partial charge is 0.124 e. The highest BCUT2D eigenvalue weighted by molar-refractivity contribution is 9.09. The number of alkyl halides is 1. The number of ether oxygens (including phenoxy) is 1. The minimum atomic E-state index is -0.219. The number of aryl methyl sites for hydroxylation is 2. The maximum Gasteiger partial charge on any atom is 0.124 e. The summed E-state index contributed by atoms with van der Waals surface area (Å²) in [5.74, 6) is 0.687. The number of halogens is 2. The minimum absolute atomic E-state index is 0.0218. The Hall–Kier alpha value is -1.35. The summed E-state index contributed by atoms with van der Waals surface area (Å²) in [5, 5.41) is 0. The molecule has 0 spiro atoms. The predicted octanol–water partition coefficient (Wildman–Crippen LogP) is 4.94. The highest BCUT2D eigenvalue weighted by Gasteiger charge is 2.14. The van der Waals surface area contributed by atoms with Gasteiger partial charge in [-0.2, -0.15) is 0 Å². The minimum Gasteiger partial charge on any atom is -0.496 e. The summed E-state index contributed by atoms with van der Waals surface area (Å²) >= 11 is 3.64. The first-order valence-electron chi connectivity index (χ1n) is 6.07. The molecule has 100 valence electrons. The third-order valence-corrected chi connectivity index (χ3v) is 4.18. The zero-order valence-electron chi connectivity index (χ0n) is 11.2. The van der Waals surface area contributed by atoms with Gasteiger partial charge in [0.2, 0.25) is 0 Å². The fraction of sp³-hybridized carbons (Fsp3) is 0.250. The SMILES string of the molecule is COc1c(C)cc(C(Br)c2cccc(F)c2)cc1C. The Kier molecular flexibility index (Phi) is 4.25. The quantitative estimate of drug-likeness (QED) is 0.727. The molecule has 0 aliphatic heterocycles. The second kappa shape index (κ2) is 5.74. The highest BCUT2D eigenvalue weighted by Crippen LogP contribution is 2.35. The lowest BCUT2D eigenvalue weighted by Crippen LogP contribution is -1.98. The van der Waals surface area contributed by atoms with Crippen LogP contribution in [-0.2, 0) is 0 Å². The molecule has 1 atom stereocenters. The molecular weight excluding hydrogens is 307 g/mol. The molecule has 0 aliphatic rings. The van der Waals surface area contributed by atoms with Gasteiger partial charge in [0.15, 0.2) is 0 Å². The van der Waals surface area contributed by atoms with Gasteiger partial charge in [0, 0.05) is 0 Å². The molecule has 1 unspecified atom stereocenters. The Morgan fingerprint density at radius 1 is 1.05 bits per heavy atom. The van der Waals surface area contributed by atoms with E-state index >= 15 is 0 Å². The van der Waals surface area contributed by atoms with Crippen molar-refractivity contribution in [1.29, 1.82) is 0 Å². The summed E-state index contributed by atoms with van der Waals surface area (Å²) < 4.78 is 18.6. The van der Waals surface area contributed by atoms with Crippen LogP contribution in [0.5, 0.6) is 5.75 Å². The fourth-order valence-corrected chi connectivity index (χ4v) is 2.86.